The number of benzene rings is 1. The largest absolute Gasteiger partial charge is 0.497 e. The zero-order valence-corrected chi connectivity index (χ0v) is 14.6. The molecule has 1 aliphatic rings. The highest BCUT2D eigenvalue weighted by Gasteiger charge is 2.29. The van der Waals surface area contributed by atoms with Gasteiger partial charge in [0.25, 0.3) is 5.91 Å². The van der Waals surface area contributed by atoms with Crippen LogP contribution in [0.5, 0.6) is 5.75 Å². The Hall–Kier alpha value is -2.41. The number of carbonyl (C=O) groups is 1. The SMILES string of the molecule is COc1ccc(CCNC(=O)c2n[nH]c3c2C[C@H](C)O[C@@H]3C)c(F)c1. The number of amides is 1. The number of H-pyrrole nitrogens is 1. The topological polar surface area (TPSA) is 76.2 Å². The van der Waals surface area contributed by atoms with Gasteiger partial charge >= 0.3 is 0 Å². The maximum absolute atomic E-state index is 13.9. The molecule has 0 fully saturated rings. The van der Waals surface area contributed by atoms with Crippen molar-refractivity contribution in [3.8, 4) is 5.75 Å². The molecule has 0 spiro atoms. The van der Waals surface area contributed by atoms with Crippen molar-refractivity contribution in [3.63, 3.8) is 0 Å². The Morgan fingerprint density at radius 3 is 3.00 bits per heavy atom. The van der Waals surface area contributed by atoms with E-state index in [1.54, 1.807) is 12.1 Å². The monoisotopic (exact) mass is 347 g/mol. The molecular formula is C18H22FN3O3. The van der Waals surface area contributed by atoms with Gasteiger partial charge in [-0.05, 0) is 31.9 Å². The molecule has 3 rings (SSSR count). The van der Waals surface area contributed by atoms with Crippen molar-refractivity contribution in [2.75, 3.05) is 13.7 Å². The Morgan fingerprint density at radius 1 is 1.48 bits per heavy atom. The summed E-state index contributed by atoms with van der Waals surface area (Å²) >= 11 is 0. The number of nitrogens with zero attached hydrogens (tertiary/aromatic N) is 1. The number of halogens is 1. The number of nitrogens with one attached hydrogen (secondary N) is 2. The Bertz CT molecular complexity index is 775. The second-order valence-electron chi connectivity index (χ2n) is 6.22. The summed E-state index contributed by atoms with van der Waals surface area (Å²) in [4.78, 5) is 12.4. The third kappa shape index (κ3) is 3.66. The maximum atomic E-state index is 13.9. The van der Waals surface area contributed by atoms with Gasteiger partial charge in [0, 0.05) is 24.6 Å². The molecule has 0 bridgehead atoms. The molecule has 1 aromatic heterocycles. The van der Waals surface area contributed by atoms with E-state index in [4.69, 9.17) is 9.47 Å². The van der Waals surface area contributed by atoms with Gasteiger partial charge in [0.05, 0.1) is 25.0 Å². The minimum atomic E-state index is -0.342. The number of aromatic nitrogens is 2. The summed E-state index contributed by atoms with van der Waals surface area (Å²) < 4.78 is 24.6. The van der Waals surface area contributed by atoms with Gasteiger partial charge in [0.1, 0.15) is 11.6 Å². The predicted octanol–water partition coefficient (Wildman–Crippen LogP) is 2.55. The first-order valence-corrected chi connectivity index (χ1v) is 8.32. The quantitative estimate of drug-likeness (QED) is 0.871. The molecule has 1 amide bonds. The van der Waals surface area contributed by atoms with Gasteiger partial charge in [0.2, 0.25) is 0 Å². The van der Waals surface area contributed by atoms with Crippen molar-refractivity contribution < 1.29 is 18.7 Å². The summed E-state index contributed by atoms with van der Waals surface area (Å²) in [5.74, 6) is -0.128. The molecule has 0 radical (unpaired) electrons. The lowest BCUT2D eigenvalue weighted by atomic mass is 9.99. The van der Waals surface area contributed by atoms with Crippen molar-refractivity contribution in [2.45, 2.75) is 38.9 Å². The molecule has 2 aromatic rings. The minimum Gasteiger partial charge on any atom is -0.497 e. The molecule has 2 N–H and O–H groups in total. The number of fused-ring (bicyclic) bond motifs is 1. The number of hydrogen-bond donors (Lipinski definition) is 2. The summed E-state index contributed by atoms with van der Waals surface area (Å²) in [5.41, 5.74) is 2.68. The van der Waals surface area contributed by atoms with Crippen LogP contribution in [0.4, 0.5) is 4.39 Å². The van der Waals surface area contributed by atoms with E-state index >= 15 is 0 Å². The van der Waals surface area contributed by atoms with Crippen LogP contribution in [0.1, 0.15) is 47.3 Å². The van der Waals surface area contributed by atoms with Crippen molar-refractivity contribution in [2.24, 2.45) is 0 Å². The summed E-state index contributed by atoms with van der Waals surface area (Å²) in [6.45, 7) is 4.23. The fraction of sp³-hybridized carbons (Fsp3) is 0.444. The third-order valence-corrected chi connectivity index (χ3v) is 4.39. The fourth-order valence-electron chi connectivity index (χ4n) is 3.11. The van der Waals surface area contributed by atoms with Crippen molar-refractivity contribution in [1.29, 1.82) is 0 Å². The highest BCUT2D eigenvalue weighted by molar-refractivity contribution is 5.94. The van der Waals surface area contributed by atoms with E-state index in [2.05, 4.69) is 15.5 Å². The molecule has 6 nitrogen and oxygen atoms in total. The molecule has 2 heterocycles. The van der Waals surface area contributed by atoms with E-state index < -0.39 is 0 Å². The third-order valence-electron chi connectivity index (χ3n) is 4.39. The second kappa shape index (κ2) is 7.23. The van der Waals surface area contributed by atoms with Crippen LogP contribution in [0, 0.1) is 5.82 Å². The van der Waals surface area contributed by atoms with Gasteiger partial charge in [-0.15, -0.1) is 0 Å². The molecule has 0 saturated heterocycles. The Kier molecular flexibility index (Phi) is 5.03. The van der Waals surface area contributed by atoms with E-state index in [-0.39, 0.29) is 23.9 Å². The standard InChI is InChI=1S/C18H22FN3O3/c1-10-8-14-16(11(2)25-10)21-22-17(14)18(23)20-7-6-12-4-5-13(24-3)9-15(12)19/h4-5,9-11H,6-8H2,1-3H3,(H,20,23)(H,21,22)/t10-,11+/m0/s1. The molecular weight excluding hydrogens is 325 g/mol. The van der Waals surface area contributed by atoms with Gasteiger partial charge in [0.15, 0.2) is 5.69 Å². The number of aromatic amines is 1. The molecule has 0 unspecified atom stereocenters. The molecule has 0 aliphatic carbocycles. The summed E-state index contributed by atoms with van der Waals surface area (Å²) in [6, 6.07) is 4.70. The van der Waals surface area contributed by atoms with Gasteiger partial charge < -0.3 is 14.8 Å². The van der Waals surface area contributed by atoms with Gasteiger partial charge in [-0.25, -0.2) is 4.39 Å². The van der Waals surface area contributed by atoms with Crippen molar-refractivity contribution >= 4 is 5.91 Å². The number of carbonyl (C=O) groups excluding carboxylic acids is 1. The highest BCUT2D eigenvalue weighted by atomic mass is 19.1. The molecule has 2 atom stereocenters. The number of hydrogen-bond acceptors (Lipinski definition) is 4. The van der Waals surface area contributed by atoms with E-state index in [9.17, 15) is 9.18 Å². The predicted molar refractivity (Wildman–Crippen MR) is 90.2 cm³/mol. The average molecular weight is 347 g/mol. The Labute approximate surface area is 145 Å². The normalized spacial score (nSPS) is 19.4. The van der Waals surface area contributed by atoms with Gasteiger partial charge in [-0.1, -0.05) is 6.07 Å². The molecule has 134 valence electrons. The van der Waals surface area contributed by atoms with Crippen LogP contribution >= 0.6 is 0 Å². The van der Waals surface area contributed by atoms with Crippen LogP contribution in [-0.2, 0) is 17.6 Å². The summed E-state index contributed by atoms with van der Waals surface area (Å²) in [5, 5.41) is 9.85. The minimum absolute atomic E-state index is 0.0417. The lowest BCUT2D eigenvalue weighted by Crippen LogP contribution is -2.29. The summed E-state index contributed by atoms with van der Waals surface area (Å²) in [6.07, 6.45) is 0.970. The van der Waals surface area contributed by atoms with Crippen LogP contribution in [0.3, 0.4) is 0 Å². The van der Waals surface area contributed by atoms with Gasteiger partial charge in [-0.3, -0.25) is 9.89 Å². The number of rotatable bonds is 5. The summed E-state index contributed by atoms with van der Waals surface area (Å²) in [7, 11) is 1.49. The van der Waals surface area contributed by atoms with E-state index in [1.807, 2.05) is 13.8 Å². The fourth-order valence-corrected chi connectivity index (χ4v) is 3.11. The van der Waals surface area contributed by atoms with Crippen LogP contribution in [0.2, 0.25) is 0 Å². The maximum Gasteiger partial charge on any atom is 0.272 e. The molecule has 1 aliphatic heterocycles. The van der Waals surface area contributed by atoms with Gasteiger partial charge in [-0.2, -0.15) is 5.10 Å². The lowest BCUT2D eigenvalue weighted by Gasteiger charge is -2.25. The number of ether oxygens (including phenoxy) is 2. The Morgan fingerprint density at radius 2 is 2.28 bits per heavy atom. The first kappa shape index (κ1) is 17.4. The van der Waals surface area contributed by atoms with E-state index in [0.717, 1.165) is 11.3 Å². The average Bonchev–Trinajstić information content (AvgIpc) is 3.00. The molecule has 7 heteroatoms. The second-order valence-corrected chi connectivity index (χ2v) is 6.22. The highest BCUT2D eigenvalue weighted by Crippen LogP contribution is 2.30. The van der Waals surface area contributed by atoms with Crippen molar-refractivity contribution in [1.82, 2.24) is 15.5 Å². The van der Waals surface area contributed by atoms with E-state index in [1.165, 1.54) is 13.2 Å². The molecule has 25 heavy (non-hydrogen) atoms. The first-order valence-electron chi connectivity index (χ1n) is 8.32. The van der Waals surface area contributed by atoms with Crippen molar-refractivity contribution in [3.05, 3.63) is 46.5 Å². The van der Waals surface area contributed by atoms with Crippen LogP contribution < -0.4 is 10.1 Å². The Balaban J connectivity index is 1.62. The smallest absolute Gasteiger partial charge is 0.272 e. The number of methoxy groups -OCH3 is 1. The zero-order valence-electron chi connectivity index (χ0n) is 14.6. The lowest BCUT2D eigenvalue weighted by molar-refractivity contribution is -0.00697. The van der Waals surface area contributed by atoms with Crippen LogP contribution in [0.25, 0.3) is 0 Å². The zero-order chi connectivity index (χ0) is 18.0. The van der Waals surface area contributed by atoms with Crippen LogP contribution in [0.15, 0.2) is 18.2 Å². The first-order chi connectivity index (χ1) is 12.0. The molecule has 0 saturated carbocycles. The molecule has 1 aromatic carbocycles. The van der Waals surface area contributed by atoms with E-state index in [0.29, 0.717) is 36.4 Å². The van der Waals surface area contributed by atoms with Crippen LogP contribution in [-0.4, -0.2) is 35.9 Å².